The third-order valence-corrected chi connectivity index (χ3v) is 3.76. The number of methoxy groups -OCH3 is 1. The van der Waals surface area contributed by atoms with Gasteiger partial charge in [-0.25, -0.2) is 0 Å². The highest BCUT2D eigenvalue weighted by molar-refractivity contribution is 6.01. The van der Waals surface area contributed by atoms with Gasteiger partial charge in [0.25, 0.3) is 5.91 Å². The van der Waals surface area contributed by atoms with Crippen LogP contribution in [0.5, 0.6) is 5.75 Å². The van der Waals surface area contributed by atoms with Gasteiger partial charge in [0, 0.05) is 0 Å². The Morgan fingerprint density at radius 2 is 1.96 bits per heavy atom. The molecule has 4 heteroatoms. The molecule has 0 bridgehead atoms. The van der Waals surface area contributed by atoms with Crippen molar-refractivity contribution in [2.45, 2.75) is 19.9 Å². The van der Waals surface area contributed by atoms with Gasteiger partial charge < -0.3 is 10.1 Å². The summed E-state index contributed by atoms with van der Waals surface area (Å²) in [5.74, 6) is 0.326. The number of carbonyl (C=O) groups excluding carboxylic acids is 1. The van der Waals surface area contributed by atoms with E-state index in [0.717, 1.165) is 22.4 Å². The van der Waals surface area contributed by atoms with Gasteiger partial charge in [-0.1, -0.05) is 42.5 Å². The number of ether oxygens (including phenoxy) is 1. The molecule has 0 saturated carbocycles. The zero-order valence-corrected chi connectivity index (χ0v) is 14.0. The molecule has 0 aliphatic heterocycles. The predicted molar refractivity (Wildman–Crippen MR) is 94.3 cm³/mol. The lowest BCUT2D eigenvalue weighted by Gasteiger charge is -2.13. The lowest BCUT2D eigenvalue weighted by Crippen LogP contribution is -2.27. The van der Waals surface area contributed by atoms with Crippen LogP contribution in [0.3, 0.4) is 0 Å². The van der Waals surface area contributed by atoms with E-state index in [0.29, 0.717) is 0 Å². The molecule has 1 N–H and O–H groups in total. The number of hydrogen-bond donors (Lipinski definition) is 1. The molecule has 24 heavy (non-hydrogen) atoms. The molecule has 122 valence electrons. The van der Waals surface area contributed by atoms with E-state index in [1.165, 1.54) is 0 Å². The van der Waals surface area contributed by atoms with Gasteiger partial charge in [0.2, 0.25) is 0 Å². The molecule has 0 aromatic heterocycles. The van der Waals surface area contributed by atoms with Gasteiger partial charge in [-0.15, -0.1) is 0 Å². The van der Waals surface area contributed by atoms with Gasteiger partial charge in [-0.2, -0.15) is 5.26 Å². The Labute approximate surface area is 142 Å². The minimum absolute atomic E-state index is 0.0590. The maximum Gasteiger partial charge on any atom is 0.262 e. The number of amides is 1. The number of nitriles is 1. The number of nitrogens with one attached hydrogen (secondary N) is 1. The maximum atomic E-state index is 12.4. The lowest BCUT2D eigenvalue weighted by atomic mass is 10.1. The third-order valence-electron chi connectivity index (χ3n) is 3.76. The van der Waals surface area contributed by atoms with E-state index < -0.39 is 5.91 Å². The topological polar surface area (TPSA) is 62.1 Å². The fourth-order valence-electron chi connectivity index (χ4n) is 2.34. The van der Waals surface area contributed by atoms with E-state index in [1.54, 1.807) is 19.3 Å². The van der Waals surface area contributed by atoms with Crippen LogP contribution in [0.15, 0.2) is 54.1 Å². The van der Waals surface area contributed by atoms with Gasteiger partial charge in [-0.05, 0) is 42.7 Å². The SMILES string of the molecule is COc1cc(/C=C(\C#N)C(=O)N[C@H](C)c2ccccc2)ccc1C. The number of benzene rings is 2. The summed E-state index contributed by atoms with van der Waals surface area (Å²) in [5, 5.41) is 12.2. The number of rotatable bonds is 5. The van der Waals surface area contributed by atoms with Gasteiger partial charge in [-0.3, -0.25) is 4.79 Å². The summed E-state index contributed by atoms with van der Waals surface area (Å²) in [7, 11) is 1.59. The first-order chi connectivity index (χ1) is 11.5. The van der Waals surface area contributed by atoms with Gasteiger partial charge in [0.1, 0.15) is 17.4 Å². The molecule has 0 unspecified atom stereocenters. The van der Waals surface area contributed by atoms with Crippen molar-refractivity contribution in [3.05, 3.63) is 70.8 Å². The van der Waals surface area contributed by atoms with E-state index in [9.17, 15) is 10.1 Å². The second kappa shape index (κ2) is 7.98. The number of hydrogen-bond acceptors (Lipinski definition) is 3. The first kappa shape index (κ1) is 17.3. The molecule has 4 nitrogen and oxygen atoms in total. The van der Waals surface area contributed by atoms with E-state index in [2.05, 4.69) is 5.32 Å². The molecule has 2 aromatic carbocycles. The number of nitrogens with zero attached hydrogens (tertiary/aromatic N) is 1. The van der Waals surface area contributed by atoms with Crippen LogP contribution in [0.4, 0.5) is 0 Å². The fraction of sp³-hybridized carbons (Fsp3) is 0.200. The molecule has 2 rings (SSSR count). The summed E-state index contributed by atoms with van der Waals surface area (Å²) in [4.78, 5) is 12.4. The Balaban J connectivity index is 2.18. The van der Waals surface area contributed by atoms with Crippen molar-refractivity contribution < 1.29 is 9.53 Å². The van der Waals surface area contributed by atoms with Crippen LogP contribution in [0, 0.1) is 18.3 Å². The molecule has 0 aliphatic carbocycles. The average Bonchev–Trinajstić information content (AvgIpc) is 2.61. The molecule has 0 saturated heterocycles. The summed E-state index contributed by atoms with van der Waals surface area (Å²) in [6.45, 7) is 3.82. The molecule has 0 aliphatic rings. The highest BCUT2D eigenvalue weighted by atomic mass is 16.5. The Bertz CT molecular complexity index is 789. The quantitative estimate of drug-likeness (QED) is 0.673. The standard InChI is InChI=1S/C20H20N2O2/c1-14-9-10-16(12-19(14)24-3)11-18(13-21)20(23)22-15(2)17-7-5-4-6-8-17/h4-12,15H,1-3H3,(H,22,23)/b18-11+/t15-/m1/s1. The zero-order chi connectivity index (χ0) is 17.5. The molecule has 1 amide bonds. The van der Waals surface area contributed by atoms with Crippen LogP contribution in [0.1, 0.15) is 29.7 Å². The molecule has 0 heterocycles. The second-order valence-corrected chi connectivity index (χ2v) is 5.50. The van der Waals surface area contributed by atoms with Gasteiger partial charge >= 0.3 is 0 Å². The van der Waals surface area contributed by atoms with E-state index in [4.69, 9.17) is 4.74 Å². The summed E-state index contributed by atoms with van der Waals surface area (Å²) in [6, 6.07) is 17.0. The van der Waals surface area contributed by atoms with Crippen molar-refractivity contribution in [3.8, 4) is 11.8 Å². The molecular weight excluding hydrogens is 300 g/mol. The van der Waals surface area contributed by atoms with Gasteiger partial charge in [0.05, 0.1) is 13.2 Å². The maximum absolute atomic E-state index is 12.4. The highest BCUT2D eigenvalue weighted by Gasteiger charge is 2.13. The highest BCUT2D eigenvalue weighted by Crippen LogP contribution is 2.21. The van der Waals surface area contributed by atoms with Crippen LogP contribution in [0.2, 0.25) is 0 Å². The van der Waals surface area contributed by atoms with Crippen molar-refractivity contribution >= 4 is 12.0 Å². The minimum Gasteiger partial charge on any atom is -0.496 e. The Hall–Kier alpha value is -3.06. The summed E-state index contributed by atoms with van der Waals surface area (Å²) < 4.78 is 5.27. The van der Waals surface area contributed by atoms with Crippen LogP contribution < -0.4 is 10.1 Å². The largest absolute Gasteiger partial charge is 0.496 e. The zero-order valence-electron chi connectivity index (χ0n) is 14.0. The van der Waals surface area contributed by atoms with E-state index >= 15 is 0 Å². The lowest BCUT2D eigenvalue weighted by molar-refractivity contribution is -0.117. The first-order valence-corrected chi connectivity index (χ1v) is 7.67. The minimum atomic E-state index is -0.395. The van der Waals surface area contributed by atoms with Crippen LogP contribution >= 0.6 is 0 Å². The van der Waals surface area contributed by atoms with Gasteiger partial charge in [0.15, 0.2) is 0 Å². The predicted octanol–water partition coefficient (Wildman–Crippen LogP) is 3.79. The smallest absolute Gasteiger partial charge is 0.262 e. The second-order valence-electron chi connectivity index (χ2n) is 5.50. The Kier molecular flexibility index (Phi) is 5.75. The van der Waals surface area contributed by atoms with E-state index in [-0.39, 0.29) is 11.6 Å². The van der Waals surface area contributed by atoms with Crippen molar-refractivity contribution in [3.63, 3.8) is 0 Å². The number of carbonyl (C=O) groups is 1. The normalized spacial score (nSPS) is 12.2. The summed E-state index contributed by atoms with van der Waals surface area (Å²) in [6.07, 6.45) is 1.56. The van der Waals surface area contributed by atoms with Crippen molar-refractivity contribution in [2.75, 3.05) is 7.11 Å². The van der Waals surface area contributed by atoms with Crippen LogP contribution in [-0.2, 0) is 4.79 Å². The van der Waals surface area contributed by atoms with Crippen LogP contribution in [-0.4, -0.2) is 13.0 Å². The Morgan fingerprint density at radius 1 is 1.25 bits per heavy atom. The number of aryl methyl sites for hydroxylation is 1. The average molecular weight is 320 g/mol. The molecule has 0 fully saturated rings. The third kappa shape index (κ3) is 4.23. The molecule has 0 radical (unpaired) electrons. The first-order valence-electron chi connectivity index (χ1n) is 7.67. The van der Waals surface area contributed by atoms with E-state index in [1.807, 2.05) is 62.4 Å². The van der Waals surface area contributed by atoms with Crippen molar-refractivity contribution in [1.29, 1.82) is 5.26 Å². The molecule has 0 spiro atoms. The molecule has 1 atom stereocenters. The molecule has 2 aromatic rings. The molecular formula is C20H20N2O2. The fourth-order valence-corrected chi connectivity index (χ4v) is 2.34. The monoisotopic (exact) mass is 320 g/mol. The summed E-state index contributed by atoms with van der Waals surface area (Å²) in [5.41, 5.74) is 2.79. The van der Waals surface area contributed by atoms with Crippen LogP contribution in [0.25, 0.3) is 6.08 Å². The van der Waals surface area contributed by atoms with Crippen molar-refractivity contribution in [1.82, 2.24) is 5.32 Å². The van der Waals surface area contributed by atoms with Crippen molar-refractivity contribution in [2.24, 2.45) is 0 Å². The Morgan fingerprint density at radius 3 is 2.58 bits per heavy atom. The summed E-state index contributed by atoms with van der Waals surface area (Å²) >= 11 is 0.